The number of amides is 1. The Balaban J connectivity index is 1.35. The number of benzene rings is 3. The van der Waals surface area contributed by atoms with E-state index in [2.05, 4.69) is 5.32 Å². The number of fused-ring (bicyclic) bond motifs is 1. The number of aryl methyl sites for hydroxylation is 2. The van der Waals surface area contributed by atoms with Gasteiger partial charge in [-0.25, -0.2) is 4.39 Å². The van der Waals surface area contributed by atoms with Crippen LogP contribution < -0.4 is 24.3 Å². The number of nitrogens with zero attached hydrogens (tertiary/aromatic N) is 1. The molecular weight excluding hydrogens is 567 g/mol. The lowest BCUT2D eigenvalue weighted by Crippen LogP contribution is -2.35. The molecule has 10 heteroatoms. The van der Waals surface area contributed by atoms with Gasteiger partial charge in [-0.15, -0.1) is 0 Å². The van der Waals surface area contributed by atoms with Crippen molar-refractivity contribution in [3.05, 3.63) is 76.6 Å². The predicted octanol–water partition coefficient (Wildman–Crippen LogP) is 5.71. The molecule has 2 heterocycles. The van der Waals surface area contributed by atoms with Crippen molar-refractivity contribution in [2.24, 2.45) is 5.92 Å². The van der Waals surface area contributed by atoms with E-state index in [1.807, 2.05) is 43.0 Å². The molecule has 1 unspecified atom stereocenters. The third-order valence-electron chi connectivity index (χ3n) is 8.68. The Morgan fingerprint density at radius 2 is 1.73 bits per heavy atom. The Morgan fingerprint density at radius 3 is 2.34 bits per heavy atom. The van der Waals surface area contributed by atoms with E-state index in [1.54, 1.807) is 12.1 Å². The smallest absolute Gasteiger partial charge is 0.309 e. The monoisotopic (exact) mass is 604 g/mol. The van der Waals surface area contributed by atoms with Crippen molar-refractivity contribution < 1.29 is 38.0 Å². The first-order valence-electron chi connectivity index (χ1n) is 15.1. The van der Waals surface area contributed by atoms with E-state index in [0.29, 0.717) is 53.4 Å². The second-order valence-electron chi connectivity index (χ2n) is 11.5. The number of aliphatic carboxylic acids is 1. The maximum absolute atomic E-state index is 14.2. The number of ether oxygens (including phenoxy) is 4. The third-order valence-corrected chi connectivity index (χ3v) is 8.68. The van der Waals surface area contributed by atoms with Crippen molar-refractivity contribution in [2.45, 2.75) is 57.6 Å². The van der Waals surface area contributed by atoms with Gasteiger partial charge in [0.2, 0.25) is 18.4 Å². The number of carbonyl (C=O) groups is 2. The molecule has 2 aliphatic heterocycles. The summed E-state index contributed by atoms with van der Waals surface area (Å²) in [5.41, 5.74) is 3.54. The third kappa shape index (κ3) is 5.91. The highest BCUT2D eigenvalue weighted by Gasteiger charge is 2.48. The summed E-state index contributed by atoms with van der Waals surface area (Å²) in [6.07, 6.45) is 3.40. The minimum absolute atomic E-state index is 0.0508. The molecule has 0 radical (unpaired) electrons. The summed E-state index contributed by atoms with van der Waals surface area (Å²) in [7, 11) is 1.53. The molecule has 0 spiro atoms. The van der Waals surface area contributed by atoms with Gasteiger partial charge in [-0.3, -0.25) is 14.5 Å². The fourth-order valence-corrected chi connectivity index (χ4v) is 6.42. The van der Waals surface area contributed by atoms with Crippen LogP contribution in [0, 0.1) is 11.7 Å². The summed E-state index contributed by atoms with van der Waals surface area (Å²) in [6, 6.07) is 13.4. The van der Waals surface area contributed by atoms with Crippen LogP contribution in [0.15, 0.2) is 48.5 Å². The summed E-state index contributed by atoms with van der Waals surface area (Å²) >= 11 is 0. The zero-order valence-corrected chi connectivity index (χ0v) is 25.1. The number of methoxy groups -OCH3 is 1. The van der Waals surface area contributed by atoms with Crippen LogP contribution >= 0.6 is 0 Å². The lowest BCUT2D eigenvalue weighted by molar-refractivity contribution is -0.143. The van der Waals surface area contributed by atoms with Crippen LogP contribution in [0.5, 0.6) is 23.0 Å². The highest BCUT2D eigenvalue weighted by molar-refractivity contribution is 5.94. The molecule has 1 saturated carbocycles. The summed E-state index contributed by atoms with van der Waals surface area (Å²) in [5, 5.41) is 13.7. The van der Waals surface area contributed by atoms with Crippen LogP contribution in [0.25, 0.3) is 0 Å². The van der Waals surface area contributed by atoms with Crippen molar-refractivity contribution in [1.29, 1.82) is 0 Å². The van der Waals surface area contributed by atoms with Crippen LogP contribution in [-0.2, 0) is 22.4 Å². The number of carboxylic acids is 1. The molecule has 9 nitrogen and oxygen atoms in total. The number of likely N-dealkylation sites (tertiary alicyclic amines) is 1. The molecule has 0 aromatic heterocycles. The molecule has 232 valence electrons. The average Bonchev–Trinajstić information content (AvgIpc) is 3.55. The second kappa shape index (κ2) is 12.4. The number of carbonyl (C=O) groups excluding carboxylic acids is 1. The van der Waals surface area contributed by atoms with E-state index >= 15 is 0 Å². The molecule has 3 aromatic carbocycles. The summed E-state index contributed by atoms with van der Waals surface area (Å²) < 4.78 is 36.9. The van der Waals surface area contributed by atoms with Crippen LogP contribution in [0.1, 0.15) is 60.9 Å². The van der Waals surface area contributed by atoms with Crippen LogP contribution in [0.3, 0.4) is 0 Å². The van der Waals surface area contributed by atoms with E-state index < -0.39 is 23.8 Å². The fourth-order valence-electron chi connectivity index (χ4n) is 6.42. The predicted molar refractivity (Wildman–Crippen MR) is 161 cm³/mol. The maximum Gasteiger partial charge on any atom is 0.309 e. The Labute approximate surface area is 255 Å². The molecule has 2 fully saturated rings. The first-order valence-corrected chi connectivity index (χ1v) is 15.1. The molecule has 2 N–H and O–H groups in total. The van der Waals surface area contributed by atoms with Crippen molar-refractivity contribution in [1.82, 2.24) is 4.90 Å². The highest BCUT2D eigenvalue weighted by atomic mass is 19.1. The number of anilines is 1. The van der Waals surface area contributed by atoms with Crippen molar-refractivity contribution >= 4 is 17.6 Å². The number of rotatable bonds is 11. The van der Waals surface area contributed by atoms with E-state index in [-0.39, 0.29) is 31.2 Å². The van der Waals surface area contributed by atoms with Gasteiger partial charge in [0.05, 0.1) is 25.7 Å². The molecule has 1 aliphatic carbocycles. The minimum atomic E-state index is -0.974. The van der Waals surface area contributed by atoms with E-state index in [0.717, 1.165) is 29.7 Å². The maximum atomic E-state index is 14.2. The average molecular weight is 605 g/mol. The number of hydrogen-bond acceptors (Lipinski definition) is 7. The van der Waals surface area contributed by atoms with E-state index in [9.17, 15) is 19.1 Å². The second-order valence-corrected chi connectivity index (χ2v) is 11.5. The van der Waals surface area contributed by atoms with Gasteiger partial charge in [0.1, 0.15) is 11.6 Å². The van der Waals surface area contributed by atoms with Crippen LogP contribution in [0.4, 0.5) is 10.1 Å². The topological polar surface area (TPSA) is 107 Å². The normalized spacial score (nSPS) is 20.9. The number of hydrogen-bond donors (Lipinski definition) is 2. The van der Waals surface area contributed by atoms with Gasteiger partial charge in [0.25, 0.3) is 0 Å². The van der Waals surface area contributed by atoms with Gasteiger partial charge < -0.3 is 29.4 Å². The summed E-state index contributed by atoms with van der Waals surface area (Å²) in [5.74, 6) is -0.804. The molecule has 3 atom stereocenters. The Morgan fingerprint density at radius 1 is 1.02 bits per heavy atom. The van der Waals surface area contributed by atoms with Gasteiger partial charge in [-0.2, -0.15) is 0 Å². The lowest BCUT2D eigenvalue weighted by atomic mass is 9.82. The zero-order chi connectivity index (χ0) is 31.0. The summed E-state index contributed by atoms with van der Waals surface area (Å²) in [4.78, 5) is 28.6. The Kier molecular flexibility index (Phi) is 8.35. The van der Waals surface area contributed by atoms with Crippen LogP contribution in [-0.4, -0.2) is 55.0 Å². The first-order chi connectivity index (χ1) is 21.3. The highest BCUT2D eigenvalue weighted by Crippen LogP contribution is 2.50. The summed E-state index contributed by atoms with van der Waals surface area (Å²) in [6.45, 7) is 4.12. The Hall–Kier alpha value is -4.31. The molecule has 1 amide bonds. The molecule has 6 rings (SSSR count). The van der Waals surface area contributed by atoms with Gasteiger partial charge in [-0.1, -0.05) is 26.0 Å². The fraction of sp³-hybridized carbons (Fsp3) is 0.412. The van der Waals surface area contributed by atoms with Gasteiger partial charge in [0, 0.05) is 24.2 Å². The van der Waals surface area contributed by atoms with Gasteiger partial charge in [0.15, 0.2) is 11.5 Å². The van der Waals surface area contributed by atoms with Crippen molar-refractivity contribution in [2.75, 3.05) is 32.3 Å². The van der Waals surface area contributed by atoms with E-state index in [4.69, 9.17) is 18.9 Å². The van der Waals surface area contributed by atoms with Gasteiger partial charge >= 0.3 is 5.97 Å². The van der Waals surface area contributed by atoms with Crippen molar-refractivity contribution in [3.8, 4) is 23.0 Å². The number of carboxylic acid groups (broad SMARTS) is 1. The quantitative estimate of drug-likeness (QED) is 0.287. The van der Waals surface area contributed by atoms with Crippen molar-refractivity contribution in [3.63, 3.8) is 0 Å². The SMILES string of the molecule is CCc1cc(F)cc(CC)c1NC(=O)CN1C[C@H](c2cc(OC)c3c(c2)OCO3)C(C(=O)O)[C@@H]1c1ccc(OC2CC2)cc1. The van der Waals surface area contributed by atoms with E-state index in [1.165, 1.54) is 19.2 Å². The molecule has 1 saturated heterocycles. The largest absolute Gasteiger partial charge is 0.493 e. The molecular formula is C34H37FN2O7. The number of halogens is 1. The Bertz CT molecular complexity index is 1530. The van der Waals surface area contributed by atoms with Crippen LogP contribution in [0.2, 0.25) is 0 Å². The zero-order valence-electron chi connectivity index (χ0n) is 25.1. The minimum Gasteiger partial charge on any atom is -0.493 e. The molecule has 44 heavy (non-hydrogen) atoms. The molecule has 3 aliphatic rings. The van der Waals surface area contributed by atoms with Gasteiger partial charge in [-0.05, 0) is 84.3 Å². The standard InChI is InChI=1S/C34H37FN2O7/c1-4-19-12-23(35)13-20(5-2)31(19)36-29(38)17-37-16-26(22-14-27(41-3)33-28(15-22)42-18-43-33)30(34(39)40)32(37)21-6-8-24(9-7-21)44-25-10-11-25/h6-9,12-15,25-26,30,32H,4-5,10-11,16-18H2,1-3H3,(H,36,38)(H,39,40)/t26-,30?,32+/m1/s1. The molecule has 3 aromatic rings. The first kappa shape index (κ1) is 29.7. The number of nitrogens with one attached hydrogen (secondary N) is 1. The molecule has 0 bridgehead atoms. The lowest BCUT2D eigenvalue weighted by Gasteiger charge is -2.27.